The molecule has 15 heavy (non-hydrogen) atoms. The Hall–Kier alpha value is -0.380. The maximum absolute atomic E-state index is 12.3. The molecule has 1 heterocycles. The summed E-state index contributed by atoms with van der Waals surface area (Å²) >= 11 is 0. The fourth-order valence-corrected chi connectivity index (χ4v) is 3.67. The van der Waals surface area contributed by atoms with Gasteiger partial charge in [0, 0.05) is 6.54 Å². The predicted molar refractivity (Wildman–Crippen MR) is 56.9 cm³/mol. The van der Waals surface area contributed by atoms with Crippen molar-refractivity contribution in [2.24, 2.45) is 0 Å². The minimum Gasteiger partial charge on any atom is -0.355 e. The molecule has 6 heteroatoms. The van der Waals surface area contributed by atoms with E-state index in [9.17, 15) is 9.36 Å². The van der Waals surface area contributed by atoms with Gasteiger partial charge in [0.1, 0.15) is 5.66 Å². The van der Waals surface area contributed by atoms with Crippen LogP contribution in [-0.2, 0) is 18.4 Å². The van der Waals surface area contributed by atoms with Gasteiger partial charge < -0.3 is 14.4 Å². The summed E-state index contributed by atoms with van der Waals surface area (Å²) in [4.78, 5) is 11.5. The highest BCUT2D eigenvalue weighted by atomic mass is 31.2. The van der Waals surface area contributed by atoms with Crippen LogP contribution in [0.2, 0.25) is 0 Å². The molecule has 1 rings (SSSR count). The number of hydrogen-bond acceptors (Lipinski definition) is 4. The van der Waals surface area contributed by atoms with Gasteiger partial charge in [0.05, 0.1) is 13.2 Å². The lowest BCUT2D eigenvalue weighted by molar-refractivity contribution is -0.122. The summed E-state index contributed by atoms with van der Waals surface area (Å²) in [6.07, 6.45) is 1.39. The van der Waals surface area contributed by atoms with Crippen LogP contribution in [0.5, 0.6) is 0 Å². The maximum Gasteiger partial charge on any atom is 0.343 e. The van der Waals surface area contributed by atoms with E-state index in [0.717, 1.165) is 6.42 Å². The Morgan fingerprint density at radius 1 is 1.40 bits per heavy atom. The molecule has 0 aromatic carbocycles. The minimum atomic E-state index is -3.26. The zero-order valence-corrected chi connectivity index (χ0v) is 10.1. The van der Waals surface area contributed by atoms with Crippen LogP contribution in [0, 0.1) is 0 Å². The standard InChI is InChI=1S/C9H18NO4P/c1-3-13-15(12,14-4-2)8-6-5-7-10-9(8)11/h8H,3-7H2,1-2H3,(H,10,11). The molecule has 0 spiro atoms. The van der Waals surface area contributed by atoms with Crippen LogP contribution in [0.1, 0.15) is 26.7 Å². The molecule has 1 amide bonds. The molecule has 1 fully saturated rings. The van der Waals surface area contributed by atoms with Gasteiger partial charge in [0.2, 0.25) is 5.91 Å². The van der Waals surface area contributed by atoms with Crippen LogP contribution in [0.4, 0.5) is 0 Å². The SMILES string of the molecule is CCOP(=O)(OCC)C1CCCNC1=O. The third-order valence-electron chi connectivity index (χ3n) is 2.26. The van der Waals surface area contributed by atoms with Crippen molar-refractivity contribution >= 4 is 13.5 Å². The first-order valence-electron chi connectivity index (χ1n) is 5.30. The second-order valence-electron chi connectivity index (χ2n) is 3.32. The van der Waals surface area contributed by atoms with E-state index in [2.05, 4.69) is 5.32 Å². The monoisotopic (exact) mass is 235 g/mol. The molecule has 1 unspecified atom stereocenters. The minimum absolute atomic E-state index is 0.216. The van der Waals surface area contributed by atoms with Crippen LogP contribution in [0.15, 0.2) is 0 Å². The van der Waals surface area contributed by atoms with E-state index in [0.29, 0.717) is 26.2 Å². The van der Waals surface area contributed by atoms with E-state index >= 15 is 0 Å². The molecule has 0 aliphatic carbocycles. The number of amides is 1. The first-order valence-corrected chi connectivity index (χ1v) is 6.91. The lowest BCUT2D eigenvalue weighted by Crippen LogP contribution is -2.40. The zero-order chi connectivity index (χ0) is 11.3. The predicted octanol–water partition coefficient (Wildman–Crippen LogP) is 1.53. The molecule has 0 bridgehead atoms. The molecule has 0 saturated carbocycles. The van der Waals surface area contributed by atoms with Crippen molar-refractivity contribution in [1.29, 1.82) is 0 Å². The van der Waals surface area contributed by atoms with Gasteiger partial charge in [-0.2, -0.15) is 0 Å². The van der Waals surface area contributed by atoms with E-state index in [4.69, 9.17) is 9.05 Å². The Labute approximate surface area is 90.1 Å². The third-order valence-corrected chi connectivity index (χ3v) is 4.75. The summed E-state index contributed by atoms with van der Waals surface area (Å²) < 4.78 is 22.6. The number of carbonyl (C=O) groups excluding carboxylic acids is 1. The molecule has 88 valence electrons. The van der Waals surface area contributed by atoms with E-state index in [-0.39, 0.29) is 5.91 Å². The first kappa shape index (κ1) is 12.7. The highest BCUT2D eigenvalue weighted by molar-refractivity contribution is 7.55. The maximum atomic E-state index is 12.3. The van der Waals surface area contributed by atoms with E-state index in [1.807, 2.05) is 0 Å². The highest BCUT2D eigenvalue weighted by Gasteiger charge is 2.41. The van der Waals surface area contributed by atoms with Crippen LogP contribution in [-0.4, -0.2) is 31.3 Å². The normalized spacial score (nSPS) is 22.5. The van der Waals surface area contributed by atoms with Crippen molar-refractivity contribution in [1.82, 2.24) is 5.32 Å². The third kappa shape index (κ3) is 3.03. The summed E-state index contributed by atoms with van der Waals surface area (Å²) in [6.45, 7) is 4.72. The average molecular weight is 235 g/mol. The second-order valence-corrected chi connectivity index (χ2v) is 5.54. The second kappa shape index (κ2) is 5.64. The smallest absolute Gasteiger partial charge is 0.343 e. The Balaban J connectivity index is 2.77. The first-order chi connectivity index (χ1) is 7.14. The molecule has 1 aliphatic heterocycles. The van der Waals surface area contributed by atoms with Crippen molar-refractivity contribution in [2.45, 2.75) is 32.3 Å². The Morgan fingerprint density at radius 3 is 2.47 bits per heavy atom. The average Bonchev–Trinajstić information content (AvgIpc) is 2.19. The lowest BCUT2D eigenvalue weighted by Gasteiger charge is -2.28. The summed E-state index contributed by atoms with van der Waals surface area (Å²) in [6, 6.07) is 0. The van der Waals surface area contributed by atoms with Gasteiger partial charge in [-0.3, -0.25) is 9.36 Å². The molecule has 1 atom stereocenters. The molecule has 0 radical (unpaired) electrons. The Bertz CT molecular complexity index is 259. The topological polar surface area (TPSA) is 64.6 Å². The van der Waals surface area contributed by atoms with Crippen molar-refractivity contribution in [2.75, 3.05) is 19.8 Å². The van der Waals surface area contributed by atoms with E-state index < -0.39 is 13.3 Å². The van der Waals surface area contributed by atoms with Crippen molar-refractivity contribution < 1.29 is 18.4 Å². The largest absolute Gasteiger partial charge is 0.355 e. The molecule has 5 nitrogen and oxygen atoms in total. The van der Waals surface area contributed by atoms with E-state index in [1.165, 1.54) is 0 Å². The van der Waals surface area contributed by atoms with Crippen molar-refractivity contribution in [3.63, 3.8) is 0 Å². The van der Waals surface area contributed by atoms with Gasteiger partial charge >= 0.3 is 7.60 Å². The molecule has 1 aliphatic rings. The Kier molecular flexibility index (Phi) is 4.77. The van der Waals surface area contributed by atoms with Gasteiger partial charge in [-0.1, -0.05) is 0 Å². The van der Waals surface area contributed by atoms with Crippen LogP contribution < -0.4 is 5.32 Å². The van der Waals surface area contributed by atoms with Crippen LogP contribution in [0.25, 0.3) is 0 Å². The van der Waals surface area contributed by atoms with Gasteiger partial charge in [-0.05, 0) is 26.7 Å². The van der Waals surface area contributed by atoms with Crippen LogP contribution >= 0.6 is 7.60 Å². The fraction of sp³-hybridized carbons (Fsp3) is 0.889. The fourth-order valence-electron chi connectivity index (χ4n) is 1.63. The number of carbonyl (C=O) groups is 1. The quantitative estimate of drug-likeness (QED) is 0.734. The summed E-state index contributed by atoms with van der Waals surface area (Å²) in [7, 11) is -3.26. The van der Waals surface area contributed by atoms with Crippen molar-refractivity contribution in [3.05, 3.63) is 0 Å². The summed E-state index contributed by atoms with van der Waals surface area (Å²) in [5.41, 5.74) is -0.633. The number of piperidine rings is 1. The van der Waals surface area contributed by atoms with E-state index in [1.54, 1.807) is 13.8 Å². The van der Waals surface area contributed by atoms with Gasteiger partial charge in [-0.15, -0.1) is 0 Å². The number of hydrogen-bond donors (Lipinski definition) is 1. The van der Waals surface area contributed by atoms with Gasteiger partial charge in [0.15, 0.2) is 0 Å². The van der Waals surface area contributed by atoms with Crippen LogP contribution in [0.3, 0.4) is 0 Å². The molecule has 1 N–H and O–H groups in total. The molecular formula is C9H18NO4P. The molecule has 0 aromatic heterocycles. The highest BCUT2D eigenvalue weighted by Crippen LogP contribution is 2.55. The van der Waals surface area contributed by atoms with Gasteiger partial charge in [-0.25, -0.2) is 0 Å². The number of rotatable bonds is 5. The molecule has 1 saturated heterocycles. The lowest BCUT2D eigenvalue weighted by atomic mass is 10.1. The molecular weight excluding hydrogens is 217 g/mol. The summed E-state index contributed by atoms with van der Waals surface area (Å²) in [5, 5.41) is 2.68. The number of nitrogens with one attached hydrogen (secondary N) is 1. The van der Waals surface area contributed by atoms with Crippen molar-refractivity contribution in [3.8, 4) is 0 Å². The Morgan fingerprint density at radius 2 is 2.00 bits per heavy atom. The zero-order valence-electron chi connectivity index (χ0n) is 9.19. The molecule has 0 aromatic rings. The van der Waals surface area contributed by atoms with Gasteiger partial charge in [0.25, 0.3) is 0 Å². The summed E-state index contributed by atoms with van der Waals surface area (Å²) in [5.74, 6) is -0.216.